The van der Waals surface area contributed by atoms with Gasteiger partial charge in [-0.2, -0.15) is 0 Å². The zero-order valence-corrected chi connectivity index (χ0v) is 26.0. The van der Waals surface area contributed by atoms with Crippen LogP contribution in [0, 0.1) is 19.7 Å². The number of aryl methyl sites for hydroxylation is 2. The Balaban J connectivity index is 1.89. The number of hydrogen-bond donors (Lipinski definition) is 1. The van der Waals surface area contributed by atoms with E-state index < -0.39 is 16.1 Å². The van der Waals surface area contributed by atoms with E-state index in [1.54, 1.807) is 23.1 Å². The van der Waals surface area contributed by atoms with E-state index in [9.17, 15) is 22.4 Å². The lowest BCUT2D eigenvalue weighted by Gasteiger charge is -2.32. The molecule has 7 nitrogen and oxygen atoms in total. The fourth-order valence-electron chi connectivity index (χ4n) is 4.67. The Hall–Kier alpha value is -3.72. The molecule has 1 N–H and O–H groups in total. The topological polar surface area (TPSA) is 86.8 Å². The van der Waals surface area contributed by atoms with E-state index in [1.807, 2.05) is 70.2 Å². The van der Waals surface area contributed by atoms with Gasteiger partial charge in [-0.05, 0) is 80.1 Å². The minimum absolute atomic E-state index is 0.0277. The van der Waals surface area contributed by atoms with Gasteiger partial charge in [-0.3, -0.25) is 13.9 Å². The Kier molecular flexibility index (Phi) is 11.7. The molecule has 0 saturated carbocycles. The van der Waals surface area contributed by atoms with Crippen LogP contribution in [-0.4, -0.2) is 50.0 Å². The molecular weight excluding hydrogens is 553 g/mol. The Morgan fingerprint density at radius 3 is 2.19 bits per heavy atom. The normalized spacial score (nSPS) is 12.8. The first kappa shape index (κ1) is 32.8. The number of benzene rings is 3. The van der Waals surface area contributed by atoms with E-state index >= 15 is 0 Å². The first-order valence-corrected chi connectivity index (χ1v) is 16.2. The molecule has 0 aliphatic rings. The quantitative estimate of drug-likeness (QED) is 0.265. The highest BCUT2D eigenvalue weighted by Crippen LogP contribution is 2.23. The third kappa shape index (κ3) is 9.41. The molecule has 0 aliphatic carbocycles. The molecule has 3 rings (SSSR count). The molecule has 42 heavy (non-hydrogen) atoms. The summed E-state index contributed by atoms with van der Waals surface area (Å²) < 4.78 is 40.4. The van der Waals surface area contributed by atoms with Crippen LogP contribution in [0.25, 0.3) is 0 Å². The van der Waals surface area contributed by atoms with Gasteiger partial charge in [-0.1, -0.05) is 55.5 Å². The summed E-state index contributed by atoms with van der Waals surface area (Å²) in [6, 6.07) is 19.9. The maximum atomic E-state index is 13.9. The van der Waals surface area contributed by atoms with Crippen molar-refractivity contribution < 1.29 is 22.4 Å². The number of nitrogens with zero attached hydrogens (tertiary/aromatic N) is 2. The molecule has 3 aromatic rings. The van der Waals surface area contributed by atoms with Crippen LogP contribution >= 0.6 is 0 Å². The smallest absolute Gasteiger partial charge is 0.243 e. The van der Waals surface area contributed by atoms with E-state index in [0.29, 0.717) is 17.7 Å². The van der Waals surface area contributed by atoms with Crippen molar-refractivity contribution in [1.82, 2.24) is 10.2 Å². The third-order valence-corrected chi connectivity index (χ3v) is 8.66. The number of carbonyl (C=O) groups excluding carboxylic acids is 2. The number of carbonyl (C=O) groups is 2. The summed E-state index contributed by atoms with van der Waals surface area (Å²) in [4.78, 5) is 29.0. The van der Waals surface area contributed by atoms with Gasteiger partial charge in [0.15, 0.2) is 0 Å². The first-order valence-electron chi connectivity index (χ1n) is 14.3. The van der Waals surface area contributed by atoms with E-state index in [4.69, 9.17) is 0 Å². The first-order chi connectivity index (χ1) is 19.9. The summed E-state index contributed by atoms with van der Waals surface area (Å²) in [5.74, 6) is -0.941. The van der Waals surface area contributed by atoms with Crippen molar-refractivity contribution in [3.05, 3.63) is 101 Å². The van der Waals surface area contributed by atoms with Crippen LogP contribution in [0.15, 0.2) is 72.8 Å². The maximum Gasteiger partial charge on any atom is 0.243 e. The fraction of sp³-hybridized carbons (Fsp3) is 0.394. The molecule has 0 radical (unpaired) electrons. The average molecular weight is 596 g/mol. The Morgan fingerprint density at radius 1 is 0.929 bits per heavy atom. The molecule has 226 valence electrons. The molecule has 0 unspecified atom stereocenters. The Labute approximate surface area is 249 Å². The zero-order chi connectivity index (χ0) is 30.9. The highest BCUT2D eigenvalue weighted by atomic mass is 32.2. The summed E-state index contributed by atoms with van der Waals surface area (Å²) >= 11 is 0. The summed E-state index contributed by atoms with van der Waals surface area (Å²) in [5.41, 5.74) is 4.16. The number of halogens is 1. The summed E-state index contributed by atoms with van der Waals surface area (Å²) in [7, 11) is -3.60. The minimum Gasteiger partial charge on any atom is -0.352 e. The third-order valence-electron chi connectivity index (χ3n) is 7.47. The molecule has 0 aliphatic heterocycles. The van der Waals surface area contributed by atoms with Gasteiger partial charge < -0.3 is 10.2 Å². The number of nitrogens with one attached hydrogen (secondary N) is 1. The molecule has 2 atom stereocenters. The summed E-state index contributed by atoms with van der Waals surface area (Å²) in [5, 5.41) is 3.03. The average Bonchev–Trinajstić information content (AvgIpc) is 2.95. The highest BCUT2D eigenvalue weighted by Gasteiger charge is 2.31. The lowest BCUT2D eigenvalue weighted by molar-refractivity contribution is -0.141. The summed E-state index contributed by atoms with van der Waals surface area (Å²) in [6.45, 7) is 7.99. The van der Waals surface area contributed by atoms with Gasteiger partial charge in [-0.25, -0.2) is 12.8 Å². The number of hydrogen-bond acceptors (Lipinski definition) is 4. The number of sulfonamides is 1. The molecule has 0 fully saturated rings. The number of anilines is 1. The SMILES string of the molecule is CC[C@@H](C)NC(=O)[C@H](Cc1ccccc1)N(Cc1ccc(F)cc1)C(=O)CCCN(c1ccc(C)c(C)c1)S(C)(=O)=O. The van der Waals surface area contributed by atoms with E-state index in [2.05, 4.69) is 5.32 Å². The monoisotopic (exact) mass is 595 g/mol. The van der Waals surface area contributed by atoms with Gasteiger partial charge in [0.1, 0.15) is 11.9 Å². The van der Waals surface area contributed by atoms with Gasteiger partial charge >= 0.3 is 0 Å². The Bertz CT molecular complexity index is 1450. The van der Waals surface area contributed by atoms with Crippen molar-refractivity contribution in [2.24, 2.45) is 0 Å². The predicted molar refractivity (Wildman–Crippen MR) is 166 cm³/mol. The van der Waals surface area contributed by atoms with Gasteiger partial charge in [0, 0.05) is 32.0 Å². The van der Waals surface area contributed by atoms with Crippen molar-refractivity contribution in [2.45, 2.75) is 72.0 Å². The van der Waals surface area contributed by atoms with Crippen LogP contribution in [0.4, 0.5) is 10.1 Å². The molecule has 0 bridgehead atoms. The fourth-order valence-corrected chi connectivity index (χ4v) is 5.62. The van der Waals surface area contributed by atoms with Crippen LogP contribution in [0.3, 0.4) is 0 Å². The lowest BCUT2D eigenvalue weighted by atomic mass is 10.0. The van der Waals surface area contributed by atoms with Crippen LogP contribution in [0.1, 0.15) is 55.4 Å². The van der Waals surface area contributed by atoms with Gasteiger partial charge in [-0.15, -0.1) is 0 Å². The van der Waals surface area contributed by atoms with E-state index in [-0.39, 0.29) is 49.6 Å². The standard InChI is InChI=1S/C33H42FN3O4S/c1-6-26(4)35-33(39)31(22-27-11-8-7-9-12-27)36(23-28-15-17-29(34)18-16-28)32(38)13-10-20-37(42(5,40)41)30-19-14-24(2)25(3)21-30/h7-9,11-12,14-19,21,26,31H,6,10,13,20,22-23H2,1-5H3,(H,35,39)/t26-,31+/m1/s1. The molecule has 9 heteroatoms. The molecular formula is C33H42FN3O4S. The van der Waals surface area contributed by atoms with Gasteiger partial charge in [0.25, 0.3) is 0 Å². The van der Waals surface area contributed by atoms with Crippen molar-refractivity contribution in [3.8, 4) is 0 Å². The van der Waals surface area contributed by atoms with Crippen LogP contribution in [0.5, 0.6) is 0 Å². The lowest BCUT2D eigenvalue weighted by Crippen LogP contribution is -2.52. The highest BCUT2D eigenvalue weighted by molar-refractivity contribution is 7.92. The molecule has 0 saturated heterocycles. The second-order valence-electron chi connectivity index (χ2n) is 10.9. The van der Waals surface area contributed by atoms with Crippen LogP contribution in [0.2, 0.25) is 0 Å². The van der Waals surface area contributed by atoms with Crippen LogP contribution < -0.4 is 9.62 Å². The zero-order valence-electron chi connectivity index (χ0n) is 25.1. The second kappa shape index (κ2) is 15.0. The maximum absolute atomic E-state index is 13.9. The summed E-state index contributed by atoms with van der Waals surface area (Å²) in [6.07, 6.45) is 2.47. The van der Waals surface area contributed by atoms with E-state index in [1.165, 1.54) is 16.4 Å². The predicted octanol–water partition coefficient (Wildman–Crippen LogP) is 5.54. The van der Waals surface area contributed by atoms with Crippen LogP contribution in [-0.2, 0) is 32.6 Å². The number of amides is 2. The van der Waals surface area contributed by atoms with Crippen molar-refractivity contribution in [1.29, 1.82) is 0 Å². The van der Waals surface area contributed by atoms with Crippen molar-refractivity contribution in [3.63, 3.8) is 0 Å². The minimum atomic E-state index is -3.60. The molecule has 0 heterocycles. The molecule has 3 aromatic carbocycles. The van der Waals surface area contributed by atoms with Crippen molar-refractivity contribution >= 4 is 27.5 Å². The molecule has 2 amide bonds. The van der Waals surface area contributed by atoms with Crippen molar-refractivity contribution in [2.75, 3.05) is 17.1 Å². The largest absolute Gasteiger partial charge is 0.352 e. The second-order valence-corrected chi connectivity index (χ2v) is 12.8. The van der Waals surface area contributed by atoms with Gasteiger partial charge in [0.05, 0.1) is 11.9 Å². The van der Waals surface area contributed by atoms with Gasteiger partial charge in [0.2, 0.25) is 21.8 Å². The Morgan fingerprint density at radius 2 is 1.60 bits per heavy atom. The molecule has 0 aromatic heterocycles. The number of rotatable bonds is 14. The molecule has 0 spiro atoms. The van der Waals surface area contributed by atoms with E-state index in [0.717, 1.165) is 29.4 Å².